The third-order valence-electron chi connectivity index (χ3n) is 5.05. The van der Waals surface area contributed by atoms with E-state index in [9.17, 15) is 8.42 Å². The second kappa shape index (κ2) is 5.70. The first-order chi connectivity index (χ1) is 10.0. The van der Waals surface area contributed by atoms with Crippen LogP contribution in [-0.4, -0.2) is 42.6 Å². The molecule has 1 heterocycles. The SMILES string of the molecule is CN(CC1CC2CCC1C2)S(=O)(=O)c1cnn(CCN)c1. The molecule has 2 aliphatic carbocycles. The smallest absolute Gasteiger partial charge is 0.245 e. The Morgan fingerprint density at radius 3 is 2.86 bits per heavy atom. The lowest BCUT2D eigenvalue weighted by molar-refractivity contribution is 0.280. The van der Waals surface area contributed by atoms with E-state index in [2.05, 4.69) is 5.10 Å². The van der Waals surface area contributed by atoms with Crippen LogP contribution >= 0.6 is 0 Å². The van der Waals surface area contributed by atoms with E-state index in [1.165, 1.54) is 36.2 Å². The molecule has 2 aliphatic rings. The molecular formula is C14H24N4O2S. The van der Waals surface area contributed by atoms with Gasteiger partial charge in [-0.1, -0.05) is 6.42 Å². The standard InChI is InChI=1S/C14H24N4O2S/c1-17(9-13-7-11-2-3-12(13)6-11)21(19,20)14-8-16-18(10-14)5-4-15/h8,10-13H,2-7,9,15H2,1H3. The van der Waals surface area contributed by atoms with E-state index in [-0.39, 0.29) is 4.90 Å². The molecule has 3 atom stereocenters. The van der Waals surface area contributed by atoms with Gasteiger partial charge < -0.3 is 5.73 Å². The number of aromatic nitrogens is 2. The van der Waals surface area contributed by atoms with Crippen LogP contribution in [0.1, 0.15) is 25.7 Å². The Kier molecular flexibility index (Phi) is 4.07. The van der Waals surface area contributed by atoms with E-state index in [0.717, 1.165) is 11.8 Å². The molecule has 0 aliphatic heterocycles. The summed E-state index contributed by atoms with van der Waals surface area (Å²) >= 11 is 0. The van der Waals surface area contributed by atoms with Gasteiger partial charge in [0.15, 0.2) is 0 Å². The molecule has 118 valence electrons. The summed E-state index contributed by atoms with van der Waals surface area (Å²) < 4.78 is 28.3. The summed E-state index contributed by atoms with van der Waals surface area (Å²) in [7, 11) is -1.75. The summed E-state index contributed by atoms with van der Waals surface area (Å²) in [6, 6.07) is 0. The quantitative estimate of drug-likeness (QED) is 0.846. The minimum atomic E-state index is -3.43. The van der Waals surface area contributed by atoms with Crippen LogP contribution < -0.4 is 5.73 Å². The zero-order valence-corrected chi connectivity index (χ0v) is 13.3. The fourth-order valence-corrected chi connectivity index (χ4v) is 5.12. The fraction of sp³-hybridized carbons (Fsp3) is 0.786. The van der Waals surface area contributed by atoms with Gasteiger partial charge in [-0.05, 0) is 37.0 Å². The monoisotopic (exact) mass is 312 g/mol. The molecule has 7 heteroatoms. The van der Waals surface area contributed by atoms with E-state index in [1.54, 1.807) is 17.9 Å². The molecule has 2 saturated carbocycles. The van der Waals surface area contributed by atoms with Gasteiger partial charge in [-0.3, -0.25) is 4.68 Å². The van der Waals surface area contributed by atoms with Gasteiger partial charge in [-0.2, -0.15) is 5.10 Å². The molecule has 2 bridgehead atoms. The summed E-state index contributed by atoms with van der Waals surface area (Å²) in [5, 5.41) is 4.06. The van der Waals surface area contributed by atoms with E-state index in [0.29, 0.717) is 25.6 Å². The van der Waals surface area contributed by atoms with Crippen LogP contribution in [0.2, 0.25) is 0 Å². The Balaban J connectivity index is 1.68. The minimum Gasteiger partial charge on any atom is -0.329 e. The highest BCUT2D eigenvalue weighted by Gasteiger charge is 2.41. The number of nitrogens with two attached hydrogens (primary N) is 1. The van der Waals surface area contributed by atoms with Crippen molar-refractivity contribution in [3.05, 3.63) is 12.4 Å². The molecule has 3 rings (SSSR count). The number of hydrogen-bond acceptors (Lipinski definition) is 4. The zero-order chi connectivity index (χ0) is 15.0. The second-order valence-corrected chi connectivity index (χ2v) is 8.49. The Morgan fingerprint density at radius 2 is 2.24 bits per heavy atom. The molecule has 0 amide bonds. The summed E-state index contributed by atoms with van der Waals surface area (Å²) in [4.78, 5) is 0.265. The zero-order valence-electron chi connectivity index (χ0n) is 12.5. The normalized spacial score (nSPS) is 28.6. The topological polar surface area (TPSA) is 81.2 Å². The van der Waals surface area contributed by atoms with E-state index in [4.69, 9.17) is 5.73 Å². The van der Waals surface area contributed by atoms with Gasteiger partial charge in [0.2, 0.25) is 10.0 Å². The lowest BCUT2D eigenvalue weighted by Gasteiger charge is -2.26. The summed E-state index contributed by atoms with van der Waals surface area (Å²) in [5.74, 6) is 2.10. The van der Waals surface area contributed by atoms with Crippen molar-refractivity contribution in [1.29, 1.82) is 0 Å². The van der Waals surface area contributed by atoms with Gasteiger partial charge in [0.05, 0.1) is 12.7 Å². The highest BCUT2D eigenvalue weighted by Crippen LogP contribution is 2.48. The van der Waals surface area contributed by atoms with E-state index in [1.807, 2.05) is 0 Å². The first-order valence-electron chi connectivity index (χ1n) is 7.69. The van der Waals surface area contributed by atoms with Crippen LogP contribution in [0.4, 0.5) is 0 Å². The van der Waals surface area contributed by atoms with Gasteiger partial charge in [0.25, 0.3) is 0 Å². The number of fused-ring (bicyclic) bond motifs is 2. The van der Waals surface area contributed by atoms with Crippen molar-refractivity contribution in [2.75, 3.05) is 20.1 Å². The number of hydrogen-bond donors (Lipinski definition) is 1. The van der Waals surface area contributed by atoms with Gasteiger partial charge in [-0.15, -0.1) is 0 Å². The molecule has 21 heavy (non-hydrogen) atoms. The molecule has 3 unspecified atom stereocenters. The van der Waals surface area contributed by atoms with Crippen LogP contribution in [-0.2, 0) is 16.6 Å². The second-order valence-electron chi connectivity index (χ2n) is 6.45. The van der Waals surface area contributed by atoms with Crippen molar-refractivity contribution < 1.29 is 8.42 Å². The number of nitrogens with zero attached hydrogens (tertiary/aromatic N) is 3. The van der Waals surface area contributed by atoms with Crippen molar-refractivity contribution in [1.82, 2.24) is 14.1 Å². The maximum absolute atomic E-state index is 12.6. The predicted octanol–water partition coefficient (Wildman–Crippen LogP) is 0.899. The highest BCUT2D eigenvalue weighted by atomic mass is 32.2. The van der Waals surface area contributed by atoms with Crippen molar-refractivity contribution in [3.8, 4) is 0 Å². The molecule has 0 aromatic carbocycles. The van der Waals surface area contributed by atoms with Gasteiger partial charge in [-0.25, -0.2) is 12.7 Å². The fourth-order valence-electron chi connectivity index (χ4n) is 3.94. The molecule has 2 N–H and O–H groups in total. The van der Waals surface area contributed by atoms with Crippen LogP contribution in [0.5, 0.6) is 0 Å². The number of rotatable bonds is 6. The molecule has 1 aromatic heterocycles. The van der Waals surface area contributed by atoms with Crippen LogP contribution in [0.15, 0.2) is 17.3 Å². The molecule has 2 fully saturated rings. The predicted molar refractivity (Wildman–Crippen MR) is 80.0 cm³/mol. The van der Waals surface area contributed by atoms with Crippen molar-refractivity contribution in [2.24, 2.45) is 23.5 Å². The maximum atomic E-state index is 12.6. The Labute approximate surface area is 126 Å². The summed E-state index contributed by atoms with van der Waals surface area (Å²) in [6.45, 7) is 1.61. The first-order valence-corrected chi connectivity index (χ1v) is 9.13. The summed E-state index contributed by atoms with van der Waals surface area (Å²) in [5.41, 5.74) is 5.46. The maximum Gasteiger partial charge on any atom is 0.245 e. The molecule has 0 saturated heterocycles. The van der Waals surface area contributed by atoms with Gasteiger partial charge >= 0.3 is 0 Å². The molecule has 6 nitrogen and oxygen atoms in total. The van der Waals surface area contributed by atoms with E-state index >= 15 is 0 Å². The average Bonchev–Trinajstić information content (AvgIpc) is 3.14. The molecule has 0 radical (unpaired) electrons. The van der Waals surface area contributed by atoms with Crippen LogP contribution in [0.3, 0.4) is 0 Å². The minimum absolute atomic E-state index is 0.265. The Bertz CT molecular complexity index is 598. The van der Waals surface area contributed by atoms with Crippen LogP contribution in [0, 0.1) is 17.8 Å². The number of sulfonamides is 1. The lowest BCUT2D eigenvalue weighted by Crippen LogP contribution is -2.33. The third-order valence-corrected chi connectivity index (χ3v) is 6.83. The van der Waals surface area contributed by atoms with Crippen LogP contribution in [0.25, 0.3) is 0 Å². The molecule has 1 aromatic rings. The Morgan fingerprint density at radius 1 is 1.43 bits per heavy atom. The molecular weight excluding hydrogens is 288 g/mol. The van der Waals surface area contributed by atoms with Gasteiger partial charge in [0.1, 0.15) is 4.90 Å². The van der Waals surface area contributed by atoms with Crippen molar-refractivity contribution >= 4 is 10.0 Å². The Hall–Kier alpha value is -0.920. The molecule has 0 spiro atoms. The average molecular weight is 312 g/mol. The first kappa shape index (κ1) is 15.0. The van der Waals surface area contributed by atoms with Crippen molar-refractivity contribution in [3.63, 3.8) is 0 Å². The van der Waals surface area contributed by atoms with Gasteiger partial charge in [0, 0.05) is 26.3 Å². The lowest BCUT2D eigenvalue weighted by atomic mass is 9.89. The van der Waals surface area contributed by atoms with Crippen molar-refractivity contribution in [2.45, 2.75) is 37.1 Å². The van der Waals surface area contributed by atoms with E-state index < -0.39 is 10.0 Å². The highest BCUT2D eigenvalue weighted by molar-refractivity contribution is 7.89. The summed E-state index contributed by atoms with van der Waals surface area (Å²) in [6.07, 6.45) is 8.09. The third kappa shape index (κ3) is 2.86. The largest absolute Gasteiger partial charge is 0.329 e.